The number of aromatic nitrogens is 1. The van der Waals surface area contributed by atoms with Gasteiger partial charge in [-0.2, -0.15) is 0 Å². The van der Waals surface area contributed by atoms with Gasteiger partial charge in [-0.1, -0.05) is 29.9 Å². The van der Waals surface area contributed by atoms with Gasteiger partial charge in [0, 0.05) is 17.4 Å². The fourth-order valence-corrected chi connectivity index (χ4v) is 2.10. The first-order valence-electron chi connectivity index (χ1n) is 6.16. The Labute approximate surface area is 118 Å². The van der Waals surface area contributed by atoms with Gasteiger partial charge in [-0.25, -0.2) is 0 Å². The summed E-state index contributed by atoms with van der Waals surface area (Å²) >= 11 is 5.10. The summed E-state index contributed by atoms with van der Waals surface area (Å²) in [5.74, 6) is 0. The molecule has 3 N–H and O–H groups in total. The van der Waals surface area contributed by atoms with Crippen LogP contribution in [0.5, 0.6) is 0 Å². The number of thiocarbonyl (C=S) groups is 1. The first-order valence-corrected chi connectivity index (χ1v) is 6.56. The van der Waals surface area contributed by atoms with Crippen LogP contribution in [0.1, 0.15) is 29.8 Å². The van der Waals surface area contributed by atoms with Crippen molar-refractivity contribution in [3.63, 3.8) is 0 Å². The molecule has 0 saturated heterocycles. The highest BCUT2D eigenvalue weighted by Crippen LogP contribution is 2.22. The molecule has 2 aromatic rings. The van der Waals surface area contributed by atoms with Gasteiger partial charge >= 0.3 is 0 Å². The minimum atomic E-state index is 0.0945. The Hall–Kier alpha value is -1.94. The average Bonchev–Trinajstić information content (AvgIpc) is 2.41. The van der Waals surface area contributed by atoms with E-state index in [1.165, 1.54) is 0 Å². The van der Waals surface area contributed by atoms with Gasteiger partial charge in [0.25, 0.3) is 0 Å². The van der Waals surface area contributed by atoms with Crippen LogP contribution >= 0.6 is 12.2 Å². The summed E-state index contributed by atoms with van der Waals surface area (Å²) in [6, 6.07) is 12.0. The molecule has 3 nitrogen and oxygen atoms in total. The van der Waals surface area contributed by atoms with Crippen LogP contribution in [0.15, 0.2) is 42.6 Å². The van der Waals surface area contributed by atoms with E-state index in [1.54, 1.807) is 6.20 Å². The van der Waals surface area contributed by atoms with Crippen molar-refractivity contribution in [2.24, 2.45) is 5.73 Å². The lowest BCUT2D eigenvalue weighted by Gasteiger charge is -2.17. The lowest BCUT2D eigenvalue weighted by molar-refractivity contribution is 0.839. The second-order valence-electron chi connectivity index (χ2n) is 4.53. The lowest BCUT2D eigenvalue weighted by Crippen LogP contribution is -2.15. The van der Waals surface area contributed by atoms with Crippen LogP contribution in [-0.4, -0.2) is 9.97 Å². The molecular formula is C15H17N3S. The maximum absolute atomic E-state index is 5.77. The molecule has 0 aliphatic carbocycles. The molecule has 19 heavy (non-hydrogen) atoms. The third-order valence-corrected chi connectivity index (χ3v) is 3.16. The van der Waals surface area contributed by atoms with Crippen molar-refractivity contribution in [3.05, 3.63) is 59.4 Å². The van der Waals surface area contributed by atoms with E-state index < -0.39 is 0 Å². The number of hydrogen-bond donors (Lipinski definition) is 2. The molecule has 0 radical (unpaired) electrons. The number of nitrogens with one attached hydrogen (secondary N) is 1. The first kappa shape index (κ1) is 13.5. The Morgan fingerprint density at radius 2 is 2.11 bits per heavy atom. The average molecular weight is 271 g/mol. The molecule has 0 bridgehead atoms. The van der Waals surface area contributed by atoms with Crippen molar-refractivity contribution in [2.75, 3.05) is 5.32 Å². The Morgan fingerprint density at radius 1 is 1.32 bits per heavy atom. The first-order chi connectivity index (χ1) is 9.08. The zero-order valence-electron chi connectivity index (χ0n) is 11.1. The van der Waals surface area contributed by atoms with Gasteiger partial charge in [0.05, 0.1) is 11.7 Å². The molecule has 1 unspecified atom stereocenters. The number of rotatable bonds is 4. The molecule has 1 heterocycles. The Bertz CT molecular complexity index is 581. The molecule has 0 spiro atoms. The summed E-state index contributed by atoms with van der Waals surface area (Å²) in [6.45, 7) is 4.08. The molecule has 0 amide bonds. The predicted octanol–water partition coefficient (Wildman–Crippen LogP) is 3.20. The van der Waals surface area contributed by atoms with Crippen LogP contribution in [0.4, 0.5) is 5.69 Å². The fraction of sp³-hybridized carbons (Fsp3) is 0.200. The highest BCUT2D eigenvalue weighted by atomic mass is 32.1. The molecule has 2 rings (SSSR count). The highest BCUT2D eigenvalue weighted by molar-refractivity contribution is 7.80. The molecule has 1 aromatic heterocycles. The standard InChI is InChI=1S/C15H17N3S/c1-10-6-7-14(12(9-10)15(16)19)18-11(2)13-5-3-4-8-17-13/h3-9,11,18H,1-2H3,(H2,16,19). The Morgan fingerprint density at radius 3 is 2.74 bits per heavy atom. The van der Waals surface area contributed by atoms with Crippen LogP contribution in [0.25, 0.3) is 0 Å². The summed E-state index contributed by atoms with van der Waals surface area (Å²) in [5, 5.41) is 3.41. The van der Waals surface area contributed by atoms with Crippen molar-refractivity contribution in [1.29, 1.82) is 0 Å². The van der Waals surface area contributed by atoms with E-state index in [0.717, 1.165) is 22.5 Å². The Balaban J connectivity index is 2.26. The normalized spacial score (nSPS) is 11.9. The predicted molar refractivity (Wildman–Crippen MR) is 83.3 cm³/mol. The number of nitrogens with two attached hydrogens (primary N) is 1. The Kier molecular flexibility index (Phi) is 4.12. The van der Waals surface area contributed by atoms with Gasteiger partial charge in [-0.15, -0.1) is 0 Å². The molecule has 98 valence electrons. The third-order valence-electron chi connectivity index (χ3n) is 2.94. The van der Waals surface area contributed by atoms with Gasteiger partial charge in [0.2, 0.25) is 0 Å². The van der Waals surface area contributed by atoms with Crippen molar-refractivity contribution >= 4 is 22.9 Å². The summed E-state index contributed by atoms with van der Waals surface area (Å²) in [4.78, 5) is 4.74. The summed E-state index contributed by atoms with van der Waals surface area (Å²) in [5.41, 5.74) is 9.71. The van der Waals surface area contributed by atoms with E-state index >= 15 is 0 Å². The number of nitrogens with zero attached hydrogens (tertiary/aromatic N) is 1. The van der Waals surface area contributed by atoms with Crippen molar-refractivity contribution < 1.29 is 0 Å². The SMILES string of the molecule is Cc1ccc(NC(C)c2ccccn2)c(C(N)=S)c1. The largest absolute Gasteiger partial charge is 0.389 e. The van der Waals surface area contributed by atoms with E-state index in [9.17, 15) is 0 Å². The summed E-state index contributed by atoms with van der Waals surface area (Å²) < 4.78 is 0. The number of pyridine rings is 1. The molecule has 0 aliphatic heterocycles. The molecule has 4 heteroatoms. The zero-order valence-corrected chi connectivity index (χ0v) is 11.9. The number of aryl methyl sites for hydroxylation is 1. The maximum atomic E-state index is 5.77. The fourth-order valence-electron chi connectivity index (χ4n) is 1.93. The van der Waals surface area contributed by atoms with E-state index in [-0.39, 0.29) is 6.04 Å². The molecule has 1 atom stereocenters. The quantitative estimate of drug-likeness (QED) is 0.838. The van der Waals surface area contributed by atoms with E-state index in [0.29, 0.717) is 4.99 Å². The van der Waals surface area contributed by atoms with E-state index in [1.807, 2.05) is 43.3 Å². The molecular weight excluding hydrogens is 254 g/mol. The van der Waals surface area contributed by atoms with Crippen LogP contribution in [0, 0.1) is 6.92 Å². The molecule has 0 fully saturated rings. The molecule has 1 aromatic carbocycles. The second-order valence-corrected chi connectivity index (χ2v) is 4.97. The van der Waals surface area contributed by atoms with E-state index in [2.05, 4.69) is 17.2 Å². The second kappa shape index (κ2) is 5.80. The van der Waals surface area contributed by atoms with Gasteiger partial charge < -0.3 is 11.1 Å². The molecule has 0 aliphatic rings. The van der Waals surface area contributed by atoms with Crippen LogP contribution < -0.4 is 11.1 Å². The van der Waals surface area contributed by atoms with Gasteiger partial charge in [-0.05, 0) is 38.1 Å². The number of hydrogen-bond acceptors (Lipinski definition) is 3. The summed E-state index contributed by atoms with van der Waals surface area (Å²) in [7, 11) is 0. The van der Waals surface area contributed by atoms with Crippen LogP contribution in [0.3, 0.4) is 0 Å². The van der Waals surface area contributed by atoms with Crippen LogP contribution in [-0.2, 0) is 0 Å². The molecule has 0 saturated carbocycles. The monoisotopic (exact) mass is 271 g/mol. The minimum absolute atomic E-state index is 0.0945. The highest BCUT2D eigenvalue weighted by Gasteiger charge is 2.10. The van der Waals surface area contributed by atoms with Gasteiger partial charge in [0.15, 0.2) is 0 Å². The minimum Gasteiger partial charge on any atom is -0.389 e. The van der Waals surface area contributed by atoms with Crippen molar-refractivity contribution in [1.82, 2.24) is 4.98 Å². The van der Waals surface area contributed by atoms with Crippen molar-refractivity contribution in [3.8, 4) is 0 Å². The number of anilines is 1. The van der Waals surface area contributed by atoms with Crippen molar-refractivity contribution in [2.45, 2.75) is 19.9 Å². The van der Waals surface area contributed by atoms with Crippen LogP contribution in [0.2, 0.25) is 0 Å². The maximum Gasteiger partial charge on any atom is 0.106 e. The topological polar surface area (TPSA) is 50.9 Å². The number of benzene rings is 1. The summed E-state index contributed by atoms with van der Waals surface area (Å²) in [6.07, 6.45) is 1.79. The smallest absolute Gasteiger partial charge is 0.106 e. The van der Waals surface area contributed by atoms with Gasteiger partial charge in [-0.3, -0.25) is 4.98 Å². The van der Waals surface area contributed by atoms with Gasteiger partial charge in [0.1, 0.15) is 4.99 Å². The third kappa shape index (κ3) is 3.29. The zero-order chi connectivity index (χ0) is 13.8. The lowest BCUT2D eigenvalue weighted by atomic mass is 10.1. The van der Waals surface area contributed by atoms with E-state index in [4.69, 9.17) is 18.0 Å².